The van der Waals surface area contributed by atoms with Crippen LogP contribution in [0.4, 0.5) is 0 Å². The summed E-state index contributed by atoms with van der Waals surface area (Å²) in [7, 11) is 0. The summed E-state index contributed by atoms with van der Waals surface area (Å²) in [6.07, 6.45) is 7.11. The first-order valence-corrected chi connectivity index (χ1v) is 7.47. The van der Waals surface area contributed by atoms with Crippen molar-refractivity contribution in [2.45, 2.75) is 26.2 Å². The topological polar surface area (TPSA) is 64.1 Å². The van der Waals surface area contributed by atoms with Gasteiger partial charge in [-0.2, -0.15) is 0 Å². The van der Waals surface area contributed by atoms with Gasteiger partial charge in [0.15, 0.2) is 0 Å². The highest BCUT2D eigenvalue weighted by Gasteiger charge is 2.18. The normalized spacial score (nSPS) is 19.1. The second-order valence-electron chi connectivity index (χ2n) is 4.58. The second kappa shape index (κ2) is 7.35. The zero-order chi connectivity index (χ0) is 13.5. The number of hydrogen-bond donors (Lipinski definition) is 1. The summed E-state index contributed by atoms with van der Waals surface area (Å²) < 4.78 is 5.27. The zero-order valence-electron chi connectivity index (χ0n) is 11.1. The van der Waals surface area contributed by atoms with Crippen molar-refractivity contribution in [3.8, 4) is 0 Å². The quantitative estimate of drug-likeness (QED) is 0.867. The maximum atomic E-state index is 11.9. The van der Waals surface area contributed by atoms with E-state index in [9.17, 15) is 4.79 Å². The molecule has 0 saturated carbocycles. The number of hydrogen-bond acceptors (Lipinski definition) is 5. The predicted octanol–water partition coefficient (Wildman–Crippen LogP) is 2.12. The van der Waals surface area contributed by atoms with Crippen molar-refractivity contribution >= 4 is 23.3 Å². The molecule has 1 amide bonds. The van der Waals surface area contributed by atoms with Crippen molar-refractivity contribution in [2.24, 2.45) is 5.92 Å². The molecule has 1 atom stereocenters. The minimum absolute atomic E-state index is 0.139. The number of carbonyl (C=O) groups excluding carboxylic acids is 1. The Kier molecular flexibility index (Phi) is 5.47. The van der Waals surface area contributed by atoms with Gasteiger partial charge in [0, 0.05) is 19.1 Å². The van der Waals surface area contributed by atoms with Gasteiger partial charge in [-0.05, 0) is 18.9 Å². The van der Waals surface area contributed by atoms with E-state index >= 15 is 0 Å². The second-order valence-corrected chi connectivity index (χ2v) is 5.59. The first-order chi connectivity index (χ1) is 9.29. The molecule has 1 unspecified atom stereocenters. The van der Waals surface area contributed by atoms with E-state index in [1.165, 1.54) is 11.3 Å². The molecule has 2 heterocycles. The van der Waals surface area contributed by atoms with Crippen molar-refractivity contribution in [1.82, 2.24) is 15.5 Å². The molecule has 1 N–H and O–H groups in total. The highest BCUT2D eigenvalue weighted by atomic mass is 32.1. The molecule has 0 aliphatic carbocycles. The maximum Gasteiger partial charge on any atom is 0.282 e. The first kappa shape index (κ1) is 14.1. The Labute approximate surface area is 117 Å². The van der Waals surface area contributed by atoms with E-state index in [0.29, 0.717) is 17.5 Å². The standard InChI is InChI=1S/C13H19N3O2S/c1-2-3-4-5-11-15-16-13(19-11)12(17)14-8-10-6-7-18-9-10/h4-5,10H,2-3,6-9H2,1H3,(H,14,17)/b5-4-. The van der Waals surface area contributed by atoms with E-state index in [2.05, 4.69) is 28.5 Å². The SMILES string of the molecule is CCC/C=C\c1nnc(C(=O)NCC2CCOC2)s1. The number of allylic oxidation sites excluding steroid dienone is 1. The minimum atomic E-state index is -0.139. The number of ether oxygens (including phenoxy) is 1. The van der Waals surface area contributed by atoms with Gasteiger partial charge in [0.1, 0.15) is 5.01 Å². The first-order valence-electron chi connectivity index (χ1n) is 6.65. The number of amides is 1. The summed E-state index contributed by atoms with van der Waals surface area (Å²) in [5.41, 5.74) is 0. The van der Waals surface area contributed by atoms with Crippen molar-refractivity contribution in [3.63, 3.8) is 0 Å². The molecule has 5 nitrogen and oxygen atoms in total. The molecule has 1 aromatic heterocycles. The zero-order valence-corrected chi connectivity index (χ0v) is 11.9. The van der Waals surface area contributed by atoms with Gasteiger partial charge in [0.05, 0.1) is 6.61 Å². The van der Waals surface area contributed by atoms with Crippen LogP contribution in [0.25, 0.3) is 6.08 Å². The van der Waals surface area contributed by atoms with E-state index < -0.39 is 0 Å². The van der Waals surface area contributed by atoms with Gasteiger partial charge in [-0.3, -0.25) is 4.79 Å². The fraction of sp³-hybridized carbons (Fsp3) is 0.615. The van der Waals surface area contributed by atoms with Gasteiger partial charge in [-0.1, -0.05) is 30.8 Å². The van der Waals surface area contributed by atoms with Crippen LogP contribution in [-0.2, 0) is 4.74 Å². The van der Waals surface area contributed by atoms with E-state index in [0.717, 1.165) is 37.5 Å². The van der Waals surface area contributed by atoms with Gasteiger partial charge in [-0.25, -0.2) is 0 Å². The molecule has 0 radical (unpaired) electrons. The molecule has 0 spiro atoms. The van der Waals surface area contributed by atoms with Gasteiger partial charge < -0.3 is 10.1 Å². The van der Waals surface area contributed by atoms with E-state index in [-0.39, 0.29) is 5.91 Å². The fourth-order valence-electron chi connectivity index (χ4n) is 1.80. The summed E-state index contributed by atoms with van der Waals surface area (Å²) in [5.74, 6) is 0.292. The molecule has 2 rings (SSSR count). The van der Waals surface area contributed by atoms with E-state index in [4.69, 9.17) is 4.74 Å². The van der Waals surface area contributed by atoms with Gasteiger partial charge in [0.2, 0.25) is 5.01 Å². The summed E-state index contributed by atoms with van der Waals surface area (Å²) in [4.78, 5) is 11.9. The predicted molar refractivity (Wildman–Crippen MR) is 75.1 cm³/mol. The van der Waals surface area contributed by atoms with Crippen LogP contribution in [0.5, 0.6) is 0 Å². The summed E-state index contributed by atoms with van der Waals surface area (Å²) in [5, 5.41) is 12.0. The monoisotopic (exact) mass is 281 g/mol. The van der Waals surface area contributed by atoms with Crippen LogP contribution >= 0.6 is 11.3 Å². The Morgan fingerprint density at radius 3 is 3.21 bits per heavy atom. The number of rotatable bonds is 6. The third-order valence-corrected chi connectivity index (χ3v) is 3.81. The average Bonchev–Trinajstić information content (AvgIpc) is 3.07. The van der Waals surface area contributed by atoms with Crippen molar-refractivity contribution in [2.75, 3.05) is 19.8 Å². The van der Waals surface area contributed by atoms with Gasteiger partial charge >= 0.3 is 0 Å². The lowest BCUT2D eigenvalue weighted by atomic mass is 10.1. The largest absolute Gasteiger partial charge is 0.381 e. The number of nitrogens with zero attached hydrogens (tertiary/aromatic N) is 2. The van der Waals surface area contributed by atoms with Gasteiger partial charge in [-0.15, -0.1) is 10.2 Å². The molecule has 1 saturated heterocycles. The maximum absolute atomic E-state index is 11.9. The lowest BCUT2D eigenvalue weighted by molar-refractivity contribution is 0.0944. The van der Waals surface area contributed by atoms with Crippen molar-refractivity contribution < 1.29 is 9.53 Å². The number of unbranched alkanes of at least 4 members (excludes halogenated alkanes) is 1. The summed E-state index contributed by atoms with van der Waals surface area (Å²) in [6, 6.07) is 0. The number of carbonyl (C=O) groups is 1. The molecule has 19 heavy (non-hydrogen) atoms. The average molecular weight is 281 g/mol. The Morgan fingerprint density at radius 2 is 2.47 bits per heavy atom. The smallest absolute Gasteiger partial charge is 0.282 e. The van der Waals surface area contributed by atoms with Crippen molar-refractivity contribution in [1.29, 1.82) is 0 Å². The molecule has 0 aromatic carbocycles. The van der Waals surface area contributed by atoms with Crippen LogP contribution in [0.1, 0.15) is 41.0 Å². The third-order valence-electron chi connectivity index (χ3n) is 2.93. The molecule has 6 heteroatoms. The van der Waals surface area contributed by atoms with E-state index in [1.807, 2.05) is 6.08 Å². The van der Waals surface area contributed by atoms with Crippen LogP contribution in [-0.4, -0.2) is 35.9 Å². The molecule has 0 bridgehead atoms. The highest BCUT2D eigenvalue weighted by molar-refractivity contribution is 7.14. The lowest BCUT2D eigenvalue weighted by Crippen LogP contribution is -2.29. The Bertz CT molecular complexity index is 439. The Balaban J connectivity index is 1.81. The fourth-order valence-corrected chi connectivity index (χ4v) is 2.49. The Hall–Kier alpha value is -1.27. The molecular weight excluding hydrogens is 262 g/mol. The van der Waals surface area contributed by atoms with Crippen LogP contribution in [0.15, 0.2) is 6.08 Å². The third kappa shape index (κ3) is 4.40. The van der Waals surface area contributed by atoms with Crippen LogP contribution in [0.3, 0.4) is 0 Å². The Morgan fingerprint density at radius 1 is 1.58 bits per heavy atom. The van der Waals surface area contributed by atoms with Crippen LogP contribution < -0.4 is 5.32 Å². The molecule has 1 aliphatic heterocycles. The minimum Gasteiger partial charge on any atom is -0.381 e. The number of nitrogens with one attached hydrogen (secondary N) is 1. The molecule has 1 fully saturated rings. The van der Waals surface area contributed by atoms with E-state index in [1.54, 1.807) is 0 Å². The number of aromatic nitrogens is 2. The summed E-state index contributed by atoms with van der Waals surface area (Å²) >= 11 is 1.32. The molecular formula is C13H19N3O2S. The van der Waals surface area contributed by atoms with Gasteiger partial charge in [0.25, 0.3) is 5.91 Å². The molecule has 1 aromatic rings. The van der Waals surface area contributed by atoms with Crippen molar-refractivity contribution in [3.05, 3.63) is 16.1 Å². The van der Waals surface area contributed by atoms with Crippen LogP contribution in [0, 0.1) is 5.92 Å². The summed E-state index contributed by atoms with van der Waals surface area (Å²) in [6.45, 7) is 4.31. The molecule has 104 valence electrons. The molecule has 1 aliphatic rings. The van der Waals surface area contributed by atoms with Crippen LogP contribution in [0.2, 0.25) is 0 Å². The lowest BCUT2D eigenvalue weighted by Gasteiger charge is -2.07. The highest BCUT2D eigenvalue weighted by Crippen LogP contribution is 2.13.